The summed E-state index contributed by atoms with van der Waals surface area (Å²) in [5, 5.41) is 10.8. The van der Waals surface area contributed by atoms with E-state index >= 15 is 0 Å². The molecule has 1 fully saturated rings. The second-order valence-electron chi connectivity index (χ2n) is 4.45. The third kappa shape index (κ3) is 3.27. The molecule has 20 heavy (non-hydrogen) atoms. The monoisotopic (exact) mass is 280 g/mol. The summed E-state index contributed by atoms with van der Waals surface area (Å²) >= 11 is 0. The predicted molar refractivity (Wildman–Crippen MR) is 70.1 cm³/mol. The van der Waals surface area contributed by atoms with Gasteiger partial charge in [-0.25, -0.2) is 8.78 Å². The van der Waals surface area contributed by atoms with Crippen LogP contribution in [0.25, 0.3) is 0 Å². The zero-order chi connectivity index (χ0) is 14.5. The molecule has 0 saturated carbocycles. The van der Waals surface area contributed by atoms with E-state index in [0.29, 0.717) is 13.2 Å². The minimum absolute atomic E-state index is 0.0494. The van der Waals surface area contributed by atoms with Gasteiger partial charge in [-0.2, -0.15) is 0 Å². The molecule has 1 atom stereocenters. The van der Waals surface area contributed by atoms with E-state index in [1.807, 2.05) is 0 Å². The smallest absolute Gasteiger partial charge is 0.155 e. The molecule has 2 rings (SSSR count). The predicted octanol–water partition coefficient (Wildman–Crippen LogP) is 2.04. The number of carbonyl (C=O) groups is 1. The lowest BCUT2D eigenvalue weighted by atomic mass is 10.1. The lowest BCUT2D eigenvalue weighted by Gasteiger charge is -2.07. The molecule has 0 spiro atoms. The van der Waals surface area contributed by atoms with E-state index < -0.39 is 17.2 Å². The molecule has 2 N–H and O–H groups in total. The molecule has 106 valence electrons. The average molecular weight is 280 g/mol. The zero-order valence-corrected chi connectivity index (χ0v) is 10.7. The van der Waals surface area contributed by atoms with Crippen molar-refractivity contribution in [3.8, 4) is 0 Å². The van der Waals surface area contributed by atoms with Crippen LogP contribution in [0, 0.1) is 17.0 Å². The quantitative estimate of drug-likeness (QED) is 0.641. The van der Waals surface area contributed by atoms with Crippen molar-refractivity contribution in [2.45, 2.75) is 12.5 Å². The molecule has 1 aromatic rings. The van der Waals surface area contributed by atoms with Gasteiger partial charge in [0.05, 0.1) is 23.9 Å². The van der Waals surface area contributed by atoms with Crippen molar-refractivity contribution in [3.05, 3.63) is 47.2 Å². The van der Waals surface area contributed by atoms with Gasteiger partial charge < -0.3 is 15.5 Å². The largest absolute Gasteiger partial charge is 0.386 e. The van der Waals surface area contributed by atoms with E-state index in [2.05, 4.69) is 5.32 Å². The van der Waals surface area contributed by atoms with Crippen LogP contribution in [0.5, 0.6) is 0 Å². The molecule has 1 aliphatic rings. The van der Waals surface area contributed by atoms with Crippen molar-refractivity contribution in [2.75, 3.05) is 13.2 Å². The van der Waals surface area contributed by atoms with Gasteiger partial charge in [0.1, 0.15) is 11.6 Å². The van der Waals surface area contributed by atoms with E-state index in [1.54, 1.807) is 6.20 Å². The Labute approximate surface area is 114 Å². The van der Waals surface area contributed by atoms with Gasteiger partial charge in [0, 0.05) is 12.2 Å². The summed E-state index contributed by atoms with van der Waals surface area (Å²) in [4.78, 5) is 10.5. The number of ether oxygens (including phenoxy) is 1. The van der Waals surface area contributed by atoms with Crippen LogP contribution in [0.3, 0.4) is 0 Å². The molecule has 6 heteroatoms. The van der Waals surface area contributed by atoms with Crippen LogP contribution in [-0.2, 0) is 4.74 Å². The number of rotatable bonds is 5. The first kappa shape index (κ1) is 14.3. The van der Waals surface area contributed by atoms with Crippen LogP contribution < -0.4 is 5.32 Å². The average Bonchev–Trinajstić information content (AvgIpc) is 2.91. The fourth-order valence-corrected chi connectivity index (χ4v) is 1.88. The van der Waals surface area contributed by atoms with Crippen LogP contribution in [0.15, 0.2) is 24.4 Å². The van der Waals surface area contributed by atoms with Gasteiger partial charge in [-0.3, -0.25) is 4.79 Å². The highest BCUT2D eigenvalue weighted by molar-refractivity contribution is 6.06. The Hall–Kier alpha value is -2.08. The van der Waals surface area contributed by atoms with Crippen molar-refractivity contribution in [3.63, 3.8) is 0 Å². The Bertz CT molecular complexity index is 529. The Balaban J connectivity index is 2.05. The Morgan fingerprint density at radius 2 is 2.10 bits per heavy atom. The number of aldehydes is 1. The lowest BCUT2D eigenvalue weighted by molar-refractivity contribution is 0.111. The van der Waals surface area contributed by atoms with E-state index in [1.165, 1.54) is 6.08 Å². The first-order valence-corrected chi connectivity index (χ1v) is 6.15. The Kier molecular flexibility index (Phi) is 4.57. The number of carbonyl (C=O) groups excluding carboxylic acids is 1. The van der Waals surface area contributed by atoms with Gasteiger partial charge in [0.2, 0.25) is 0 Å². The van der Waals surface area contributed by atoms with Gasteiger partial charge >= 0.3 is 0 Å². The van der Waals surface area contributed by atoms with Crippen LogP contribution in [0.4, 0.5) is 8.78 Å². The molecular formula is C14H14F2N2O2. The molecule has 1 saturated heterocycles. The maximum absolute atomic E-state index is 13.4. The SMILES string of the molecule is N=C(/C=C\N[C@@H]1CCOC1)c1cc(F)c(C=O)c(F)c1. The van der Waals surface area contributed by atoms with Gasteiger partial charge in [-0.05, 0) is 30.8 Å². The standard InChI is InChI=1S/C14H14F2N2O2/c15-12-5-9(6-13(16)11(12)7-19)14(17)1-3-18-10-2-4-20-8-10/h1,3,5-7,10,17-18H,2,4,8H2/b3-1-,17-14?/t10-/m1/s1. The fourth-order valence-electron chi connectivity index (χ4n) is 1.88. The lowest BCUT2D eigenvalue weighted by Crippen LogP contribution is -2.24. The summed E-state index contributed by atoms with van der Waals surface area (Å²) in [5.41, 5.74) is -0.593. The van der Waals surface area contributed by atoms with Crippen LogP contribution in [0.1, 0.15) is 22.3 Å². The number of hydrogen-bond acceptors (Lipinski definition) is 4. The topological polar surface area (TPSA) is 62.2 Å². The Morgan fingerprint density at radius 1 is 1.40 bits per heavy atom. The van der Waals surface area contributed by atoms with Crippen molar-refractivity contribution >= 4 is 12.0 Å². The highest BCUT2D eigenvalue weighted by Gasteiger charge is 2.14. The molecule has 0 aliphatic carbocycles. The summed E-state index contributed by atoms with van der Waals surface area (Å²) in [7, 11) is 0. The molecule has 0 amide bonds. The highest BCUT2D eigenvalue weighted by atomic mass is 19.1. The van der Waals surface area contributed by atoms with Crippen molar-refractivity contribution in [1.82, 2.24) is 5.32 Å². The number of nitrogens with one attached hydrogen (secondary N) is 2. The maximum Gasteiger partial charge on any atom is 0.155 e. The number of benzene rings is 1. The summed E-state index contributed by atoms with van der Waals surface area (Å²) < 4.78 is 32.0. The number of hydrogen-bond donors (Lipinski definition) is 2. The number of halogens is 2. The van der Waals surface area contributed by atoms with Crippen LogP contribution >= 0.6 is 0 Å². The molecule has 1 heterocycles. The van der Waals surface area contributed by atoms with Gasteiger partial charge in [0.15, 0.2) is 6.29 Å². The first-order valence-electron chi connectivity index (χ1n) is 6.15. The minimum Gasteiger partial charge on any atom is -0.386 e. The molecule has 1 aliphatic heterocycles. The summed E-state index contributed by atoms with van der Waals surface area (Å²) in [5.74, 6) is -1.93. The van der Waals surface area contributed by atoms with E-state index in [9.17, 15) is 13.6 Å². The van der Waals surface area contributed by atoms with E-state index in [-0.39, 0.29) is 23.6 Å². The molecule has 1 aromatic carbocycles. The normalized spacial score (nSPS) is 18.4. The molecular weight excluding hydrogens is 266 g/mol. The second-order valence-corrected chi connectivity index (χ2v) is 4.45. The molecule has 0 aromatic heterocycles. The first-order chi connectivity index (χ1) is 9.61. The molecule has 0 radical (unpaired) electrons. The van der Waals surface area contributed by atoms with E-state index in [0.717, 1.165) is 18.6 Å². The summed E-state index contributed by atoms with van der Waals surface area (Å²) in [6, 6.07) is 2.14. The summed E-state index contributed by atoms with van der Waals surface area (Å²) in [6.45, 7) is 1.31. The summed E-state index contributed by atoms with van der Waals surface area (Å²) in [6.07, 6.45) is 3.97. The third-order valence-electron chi connectivity index (χ3n) is 3.02. The molecule has 4 nitrogen and oxygen atoms in total. The second kappa shape index (κ2) is 6.38. The Morgan fingerprint density at radius 3 is 2.65 bits per heavy atom. The van der Waals surface area contributed by atoms with Crippen LogP contribution in [0.2, 0.25) is 0 Å². The fraction of sp³-hybridized carbons (Fsp3) is 0.286. The van der Waals surface area contributed by atoms with Crippen molar-refractivity contribution in [2.24, 2.45) is 0 Å². The van der Waals surface area contributed by atoms with Gasteiger partial charge in [-0.1, -0.05) is 0 Å². The van der Waals surface area contributed by atoms with Crippen LogP contribution in [-0.4, -0.2) is 31.3 Å². The molecule has 0 bridgehead atoms. The maximum atomic E-state index is 13.4. The van der Waals surface area contributed by atoms with E-state index in [4.69, 9.17) is 10.1 Å². The third-order valence-corrected chi connectivity index (χ3v) is 3.02. The highest BCUT2D eigenvalue weighted by Crippen LogP contribution is 2.14. The molecule has 0 unspecified atom stereocenters. The van der Waals surface area contributed by atoms with Gasteiger partial charge in [0.25, 0.3) is 0 Å². The number of allylic oxidation sites excluding steroid dienone is 1. The minimum atomic E-state index is -0.967. The van der Waals surface area contributed by atoms with Gasteiger partial charge in [-0.15, -0.1) is 0 Å². The van der Waals surface area contributed by atoms with Crippen molar-refractivity contribution < 1.29 is 18.3 Å². The zero-order valence-electron chi connectivity index (χ0n) is 10.7. The van der Waals surface area contributed by atoms with Crippen molar-refractivity contribution in [1.29, 1.82) is 5.41 Å².